The summed E-state index contributed by atoms with van der Waals surface area (Å²) in [7, 11) is 0. The number of hydrogen-bond acceptors (Lipinski definition) is 2. The number of aryl methyl sites for hydroxylation is 1. The molecule has 1 atom stereocenters. The number of rotatable bonds is 4. The number of halogens is 1. The van der Waals surface area contributed by atoms with Gasteiger partial charge in [-0.1, -0.05) is 12.1 Å². The molecule has 0 aliphatic heterocycles. The molecule has 0 saturated carbocycles. The number of aliphatic hydroxyl groups is 1. The lowest BCUT2D eigenvalue weighted by Crippen LogP contribution is -2.11. The fourth-order valence-electron chi connectivity index (χ4n) is 1.38. The van der Waals surface area contributed by atoms with Crippen LogP contribution in [-0.4, -0.2) is 11.7 Å². The Bertz CT molecular complexity index is 301. The molecule has 2 nitrogen and oxygen atoms in total. The van der Waals surface area contributed by atoms with Crippen LogP contribution in [0.1, 0.15) is 30.0 Å². The van der Waals surface area contributed by atoms with E-state index in [1.54, 1.807) is 19.1 Å². The van der Waals surface area contributed by atoms with Crippen LogP contribution in [0.25, 0.3) is 0 Å². The molecule has 0 saturated heterocycles. The first kappa shape index (κ1) is 11.1. The topological polar surface area (TPSA) is 46.2 Å². The van der Waals surface area contributed by atoms with Gasteiger partial charge in [-0.25, -0.2) is 4.39 Å². The molecule has 0 bridgehead atoms. The molecular formula is C11H16FNO. The molecular weight excluding hydrogens is 181 g/mol. The maximum Gasteiger partial charge on any atom is 0.126 e. The normalized spacial score (nSPS) is 12.9. The number of aliphatic hydroxyl groups excluding tert-OH is 1. The summed E-state index contributed by atoms with van der Waals surface area (Å²) >= 11 is 0. The maximum atomic E-state index is 12.9. The second-order valence-corrected chi connectivity index (χ2v) is 3.48. The third-order valence-electron chi connectivity index (χ3n) is 2.28. The third-order valence-corrected chi connectivity index (χ3v) is 2.28. The molecule has 0 heterocycles. The van der Waals surface area contributed by atoms with Gasteiger partial charge in [-0.15, -0.1) is 0 Å². The van der Waals surface area contributed by atoms with E-state index in [-0.39, 0.29) is 18.5 Å². The Kier molecular flexibility index (Phi) is 4.04. The van der Waals surface area contributed by atoms with Crippen molar-refractivity contribution in [2.75, 3.05) is 6.61 Å². The molecule has 3 N–H and O–H groups in total. The number of hydrogen-bond donors (Lipinski definition) is 2. The van der Waals surface area contributed by atoms with Crippen LogP contribution in [0.2, 0.25) is 0 Å². The van der Waals surface area contributed by atoms with E-state index in [4.69, 9.17) is 10.8 Å². The Morgan fingerprint density at radius 1 is 1.50 bits per heavy atom. The third kappa shape index (κ3) is 2.79. The minimum Gasteiger partial charge on any atom is -0.396 e. The highest BCUT2D eigenvalue weighted by Crippen LogP contribution is 2.18. The predicted octanol–water partition coefficient (Wildman–Crippen LogP) is 1.91. The lowest BCUT2D eigenvalue weighted by Gasteiger charge is -2.11. The summed E-state index contributed by atoms with van der Waals surface area (Å²) in [4.78, 5) is 0. The van der Waals surface area contributed by atoms with Gasteiger partial charge in [0, 0.05) is 12.6 Å². The fraction of sp³-hybridized carbons (Fsp3) is 0.455. The van der Waals surface area contributed by atoms with Crippen molar-refractivity contribution in [3.8, 4) is 0 Å². The quantitative estimate of drug-likeness (QED) is 0.774. The zero-order chi connectivity index (χ0) is 10.6. The largest absolute Gasteiger partial charge is 0.396 e. The summed E-state index contributed by atoms with van der Waals surface area (Å²) in [5, 5.41) is 8.65. The molecule has 1 aromatic carbocycles. The van der Waals surface area contributed by atoms with Gasteiger partial charge in [0.2, 0.25) is 0 Å². The Labute approximate surface area is 83.6 Å². The SMILES string of the molecule is Cc1cc(C(N)CCCO)ccc1F. The van der Waals surface area contributed by atoms with Crippen LogP contribution in [0.15, 0.2) is 18.2 Å². The maximum absolute atomic E-state index is 12.9. The molecule has 1 aromatic rings. The van der Waals surface area contributed by atoms with Crippen molar-refractivity contribution in [3.05, 3.63) is 35.1 Å². The van der Waals surface area contributed by atoms with Gasteiger partial charge >= 0.3 is 0 Å². The molecule has 14 heavy (non-hydrogen) atoms. The molecule has 3 heteroatoms. The van der Waals surface area contributed by atoms with Gasteiger partial charge < -0.3 is 10.8 Å². The second-order valence-electron chi connectivity index (χ2n) is 3.48. The zero-order valence-corrected chi connectivity index (χ0v) is 8.33. The van der Waals surface area contributed by atoms with Crippen LogP contribution in [0.3, 0.4) is 0 Å². The van der Waals surface area contributed by atoms with Gasteiger partial charge in [-0.2, -0.15) is 0 Å². The molecule has 1 unspecified atom stereocenters. The van der Waals surface area contributed by atoms with Crippen LogP contribution < -0.4 is 5.73 Å². The van der Waals surface area contributed by atoms with Gasteiger partial charge in [0.05, 0.1) is 0 Å². The lowest BCUT2D eigenvalue weighted by atomic mass is 10.0. The van der Waals surface area contributed by atoms with Gasteiger partial charge in [-0.3, -0.25) is 0 Å². The fourth-order valence-corrected chi connectivity index (χ4v) is 1.38. The molecule has 0 fully saturated rings. The molecule has 0 radical (unpaired) electrons. The predicted molar refractivity (Wildman–Crippen MR) is 54.4 cm³/mol. The standard InChI is InChI=1S/C11H16FNO/c1-8-7-9(4-5-10(8)12)11(13)3-2-6-14/h4-5,7,11,14H,2-3,6,13H2,1H3. The molecule has 0 aliphatic rings. The van der Waals surface area contributed by atoms with Gasteiger partial charge in [-0.05, 0) is 37.0 Å². The van der Waals surface area contributed by atoms with Crippen molar-refractivity contribution in [1.29, 1.82) is 0 Å². The van der Waals surface area contributed by atoms with E-state index in [0.29, 0.717) is 12.0 Å². The lowest BCUT2D eigenvalue weighted by molar-refractivity contribution is 0.280. The Hall–Kier alpha value is -0.930. The molecule has 0 amide bonds. The first-order chi connectivity index (χ1) is 6.65. The van der Waals surface area contributed by atoms with E-state index in [9.17, 15) is 4.39 Å². The minimum atomic E-state index is -0.205. The van der Waals surface area contributed by atoms with Gasteiger partial charge in [0.15, 0.2) is 0 Å². The average Bonchev–Trinajstić information content (AvgIpc) is 2.18. The monoisotopic (exact) mass is 197 g/mol. The number of nitrogens with two attached hydrogens (primary N) is 1. The first-order valence-corrected chi connectivity index (χ1v) is 4.77. The molecule has 0 aliphatic carbocycles. The summed E-state index contributed by atoms with van der Waals surface area (Å²) in [5.41, 5.74) is 7.41. The van der Waals surface area contributed by atoms with Crippen molar-refractivity contribution in [1.82, 2.24) is 0 Å². The Morgan fingerprint density at radius 3 is 2.79 bits per heavy atom. The second kappa shape index (κ2) is 5.08. The van der Waals surface area contributed by atoms with Crippen LogP contribution in [-0.2, 0) is 0 Å². The highest BCUT2D eigenvalue weighted by molar-refractivity contribution is 5.26. The summed E-state index contributed by atoms with van der Waals surface area (Å²) in [6.07, 6.45) is 1.40. The van der Waals surface area contributed by atoms with Gasteiger partial charge in [0.25, 0.3) is 0 Å². The molecule has 1 rings (SSSR count). The van der Waals surface area contributed by atoms with E-state index in [0.717, 1.165) is 12.0 Å². The van der Waals surface area contributed by atoms with Crippen molar-refractivity contribution in [2.24, 2.45) is 5.73 Å². The van der Waals surface area contributed by atoms with Crippen LogP contribution in [0.5, 0.6) is 0 Å². The highest BCUT2D eigenvalue weighted by Gasteiger charge is 2.07. The van der Waals surface area contributed by atoms with Crippen molar-refractivity contribution < 1.29 is 9.50 Å². The number of benzene rings is 1. The van der Waals surface area contributed by atoms with Crippen molar-refractivity contribution in [3.63, 3.8) is 0 Å². The molecule has 0 spiro atoms. The van der Waals surface area contributed by atoms with Crippen LogP contribution in [0.4, 0.5) is 4.39 Å². The van der Waals surface area contributed by atoms with Crippen molar-refractivity contribution in [2.45, 2.75) is 25.8 Å². The molecule has 78 valence electrons. The van der Waals surface area contributed by atoms with E-state index < -0.39 is 0 Å². The van der Waals surface area contributed by atoms with E-state index in [1.807, 2.05) is 0 Å². The highest BCUT2D eigenvalue weighted by atomic mass is 19.1. The zero-order valence-electron chi connectivity index (χ0n) is 8.33. The summed E-state index contributed by atoms with van der Waals surface area (Å²) in [6.45, 7) is 1.87. The van der Waals surface area contributed by atoms with Crippen LogP contribution >= 0.6 is 0 Å². The first-order valence-electron chi connectivity index (χ1n) is 4.77. The Morgan fingerprint density at radius 2 is 2.21 bits per heavy atom. The minimum absolute atomic E-state index is 0.110. The Balaban J connectivity index is 2.70. The average molecular weight is 197 g/mol. The summed E-state index contributed by atoms with van der Waals surface area (Å²) in [5.74, 6) is -0.205. The molecule has 0 aromatic heterocycles. The summed E-state index contributed by atoms with van der Waals surface area (Å²) in [6, 6.07) is 4.78. The summed E-state index contributed by atoms with van der Waals surface area (Å²) < 4.78 is 12.9. The van der Waals surface area contributed by atoms with E-state index in [1.165, 1.54) is 6.07 Å². The smallest absolute Gasteiger partial charge is 0.126 e. The van der Waals surface area contributed by atoms with Gasteiger partial charge in [0.1, 0.15) is 5.82 Å². The van der Waals surface area contributed by atoms with E-state index >= 15 is 0 Å². The van der Waals surface area contributed by atoms with Crippen molar-refractivity contribution >= 4 is 0 Å². The van der Waals surface area contributed by atoms with E-state index in [2.05, 4.69) is 0 Å². The van der Waals surface area contributed by atoms with Crippen LogP contribution in [0, 0.1) is 12.7 Å².